The molecular formula is C24H30F2O6. The van der Waals surface area contributed by atoms with Crippen LogP contribution in [-0.4, -0.2) is 63.8 Å². The molecule has 0 spiro atoms. The Labute approximate surface area is 185 Å². The lowest BCUT2D eigenvalue weighted by Gasteiger charge is -2.63. The summed E-state index contributed by atoms with van der Waals surface area (Å²) in [7, 11) is 0. The molecule has 176 valence electrons. The van der Waals surface area contributed by atoms with Crippen molar-refractivity contribution in [3.63, 3.8) is 0 Å². The minimum atomic E-state index is -2.24. The molecule has 0 aromatic carbocycles. The molecule has 9 atom stereocenters. The number of rotatable bonds is 2. The molecule has 8 heteroatoms. The maximum absolute atomic E-state index is 17.1. The van der Waals surface area contributed by atoms with E-state index in [1.165, 1.54) is 19.1 Å². The van der Waals surface area contributed by atoms with Crippen molar-refractivity contribution >= 4 is 11.6 Å². The SMILES string of the molecule is CC1(C)O[C@@H]2C[C@H]3[C@@H]4C[C@H](F)C5=CC(=O)C=C[C@@]5(C)[C@@]4(F)[C@@H](O)C[C@]3(C)[C@]2(C(=O)CO)O1. The van der Waals surface area contributed by atoms with Crippen molar-refractivity contribution in [3.8, 4) is 0 Å². The molecule has 0 aromatic rings. The molecule has 6 nitrogen and oxygen atoms in total. The number of aliphatic hydroxyl groups excluding tert-OH is 2. The molecule has 0 bridgehead atoms. The van der Waals surface area contributed by atoms with Crippen molar-refractivity contribution in [2.24, 2.45) is 22.7 Å². The Morgan fingerprint density at radius 1 is 1.22 bits per heavy atom. The van der Waals surface area contributed by atoms with Crippen LogP contribution < -0.4 is 0 Å². The van der Waals surface area contributed by atoms with Crippen molar-refractivity contribution in [1.82, 2.24) is 0 Å². The highest BCUT2D eigenvalue weighted by Crippen LogP contribution is 2.72. The van der Waals surface area contributed by atoms with Gasteiger partial charge in [-0.1, -0.05) is 13.0 Å². The maximum Gasteiger partial charge on any atom is 0.193 e. The number of Topliss-reactive ketones (excluding diaryl/α,β-unsaturated/α-hetero) is 1. The summed E-state index contributed by atoms with van der Waals surface area (Å²) in [6, 6.07) is 0. The molecule has 4 aliphatic carbocycles. The van der Waals surface area contributed by atoms with Crippen LogP contribution in [0, 0.1) is 22.7 Å². The minimum absolute atomic E-state index is 0.0550. The summed E-state index contributed by atoms with van der Waals surface area (Å²) >= 11 is 0. The molecule has 1 heterocycles. The van der Waals surface area contributed by atoms with Gasteiger partial charge in [-0.15, -0.1) is 0 Å². The first kappa shape index (κ1) is 22.3. The van der Waals surface area contributed by atoms with E-state index in [1.807, 2.05) is 0 Å². The van der Waals surface area contributed by atoms with Crippen molar-refractivity contribution < 1.29 is 38.1 Å². The molecule has 5 rings (SSSR count). The van der Waals surface area contributed by atoms with E-state index in [-0.39, 0.29) is 24.8 Å². The number of hydrogen-bond acceptors (Lipinski definition) is 6. The first-order chi connectivity index (χ1) is 14.8. The predicted octanol–water partition coefficient (Wildman–Crippen LogP) is 2.37. The summed E-state index contributed by atoms with van der Waals surface area (Å²) < 4.78 is 44.8. The molecular weight excluding hydrogens is 422 g/mol. The third-order valence-corrected chi connectivity index (χ3v) is 9.18. The van der Waals surface area contributed by atoms with Crippen LogP contribution in [0.4, 0.5) is 8.78 Å². The summed E-state index contributed by atoms with van der Waals surface area (Å²) in [5.41, 5.74) is -6.30. The lowest BCUT2D eigenvalue weighted by atomic mass is 9.44. The highest BCUT2D eigenvalue weighted by Gasteiger charge is 2.80. The van der Waals surface area contributed by atoms with E-state index in [0.29, 0.717) is 0 Å². The molecule has 1 aliphatic heterocycles. The Bertz CT molecular complexity index is 960. The van der Waals surface area contributed by atoms with Crippen molar-refractivity contribution in [2.75, 3.05) is 6.61 Å². The van der Waals surface area contributed by atoms with Crippen molar-refractivity contribution in [2.45, 2.75) is 82.4 Å². The second-order valence-corrected chi connectivity index (χ2v) is 11.0. The van der Waals surface area contributed by atoms with Crippen LogP contribution in [-0.2, 0) is 19.1 Å². The predicted molar refractivity (Wildman–Crippen MR) is 109 cm³/mol. The van der Waals surface area contributed by atoms with E-state index >= 15 is 8.78 Å². The van der Waals surface area contributed by atoms with E-state index in [4.69, 9.17) is 9.47 Å². The molecule has 32 heavy (non-hydrogen) atoms. The summed E-state index contributed by atoms with van der Waals surface area (Å²) in [6.45, 7) is 5.87. The summed E-state index contributed by atoms with van der Waals surface area (Å²) in [4.78, 5) is 25.1. The molecule has 0 radical (unpaired) electrons. The lowest BCUT2D eigenvalue weighted by molar-refractivity contribution is -0.248. The standard InChI is InChI=1S/C24H30F2O6/c1-20(2)31-19-9-13-14-8-16(25)15-7-12(28)5-6-21(15,3)23(14,26)17(29)10-22(13,4)24(19,32-20)18(30)11-27/h5-7,13-14,16-17,19,27,29H,8-11H2,1-4H3/t13-,14-,16-,17-,19+,21+,22-,23-,24+/m0/s1. The monoisotopic (exact) mass is 452 g/mol. The highest BCUT2D eigenvalue weighted by molar-refractivity contribution is 6.01. The molecule has 5 aliphatic rings. The van der Waals surface area contributed by atoms with Gasteiger partial charge in [-0.05, 0) is 63.7 Å². The molecule has 4 fully saturated rings. The van der Waals surface area contributed by atoms with Gasteiger partial charge in [0.25, 0.3) is 0 Å². The van der Waals surface area contributed by atoms with Gasteiger partial charge in [0.2, 0.25) is 0 Å². The summed E-state index contributed by atoms with van der Waals surface area (Å²) in [5, 5.41) is 21.1. The number of alkyl halides is 2. The number of halogens is 2. The van der Waals surface area contributed by atoms with Crippen LogP contribution in [0.3, 0.4) is 0 Å². The zero-order chi connectivity index (χ0) is 23.5. The molecule has 0 aromatic heterocycles. The Hall–Kier alpha value is -1.48. The minimum Gasteiger partial charge on any atom is -0.390 e. The van der Waals surface area contributed by atoms with Gasteiger partial charge in [-0.25, -0.2) is 8.78 Å². The fourth-order valence-corrected chi connectivity index (χ4v) is 7.92. The third kappa shape index (κ3) is 2.32. The normalized spacial score (nSPS) is 53.2. The zero-order valence-corrected chi connectivity index (χ0v) is 18.7. The molecule has 0 amide bonds. The van der Waals surface area contributed by atoms with E-state index in [2.05, 4.69) is 0 Å². The number of ketones is 2. The molecule has 2 N–H and O–H groups in total. The number of carbonyl (C=O) groups excluding carboxylic acids is 2. The van der Waals surface area contributed by atoms with Crippen molar-refractivity contribution in [3.05, 3.63) is 23.8 Å². The first-order valence-corrected chi connectivity index (χ1v) is 11.3. The fourth-order valence-electron chi connectivity index (χ4n) is 7.92. The first-order valence-electron chi connectivity index (χ1n) is 11.3. The van der Waals surface area contributed by atoms with E-state index in [9.17, 15) is 19.8 Å². The summed E-state index contributed by atoms with van der Waals surface area (Å²) in [5.74, 6) is -3.53. The van der Waals surface area contributed by atoms with Crippen LogP contribution in [0.25, 0.3) is 0 Å². The maximum atomic E-state index is 17.1. The highest BCUT2D eigenvalue weighted by atomic mass is 19.1. The van der Waals surface area contributed by atoms with Gasteiger partial charge in [0.1, 0.15) is 12.8 Å². The largest absolute Gasteiger partial charge is 0.390 e. The molecule has 1 saturated heterocycles. The van der Waals surface area contributed by atoms with E-state index in [0.717, 1.165) is 6.08 Å². The van der Waals surface area contributed by atoms with E-state index in [1.54, 1.807) is 20.8 Å². The third-order valence-electron chi connectivity index (χ3n) is 9.18. The van der Waals surface area contributed by atoms with E-state index < -0.39 is 76.3 Å². The average Bonchev–Trinajstić information content (AvgIpc) is 3.11. The van der Waals surface area contributed by atoms with Crippen LogP contribution in [0.15, 0.2) is 23.8 Å². The number of allylic oxidation sites excluding steroid dienone is 4. The van der Waals surface area contributed by atoms with Gasteiger partial charge < -0.3 is 19.7 Å². The molecule has 0 unspecified atom stereocenters. The van der Waals surface area contributed by atoms with Gasteiger partial charge >= 0.3 is 0 Å². The Morgan fingerprint density at radius 2 is 1.91 bits per heavy atom. The molecule has 3 saturated carbocycles. The number of ether oxygens (including phenoxy) is 2. The lowest BCUT2D eigenvalue weighted by Crippen LogP contribution is -2.71. The van der Waals surface area contributed by atoms with Crippen LogP contribution >= 0.6 is 0 Å². The average molecular weight is 452 g/mol. The number of hydrogen-bond donors (Lipinski definition) is 2. The van der Waals surface area contributed by atoms with Gasteiger partial charge in [0, 0.05) is 16.7 Å². The van der Waals surface area contributed by atoms with Crippen molar-refractivity contribution in [1.29, 1.82) is 0 Å². The zero-order valence-electron chi connectivity index (χ0n) is 18.7. The van der Waals surface area contributed by atoms with Crippen LogP contribution in [0.1, 0.15) is 47.0 Å². The smallest absolute Gasteiger partial charge is 0.193 e. The Balaban J connectivity index is 1.66. The Kier molecular flexibility index (Phi) is 4.42. The summed E-state index contributed by atoms with van der Waals surface area (Å²) in [6.07, 6.45) is -0.151. The van der Waals surface area contributed by atoms with Gasteiger partial charge in [-0.3, -0.25) is 9.59 Å². The van der Waals surface area contributed by atoms with Crippen LogP contribution in [0.5, 0.6) is 0 Å². The van der Waals surface area contributed by atoms with Gasteiger partial charge in [0.15, 0.2) is 28.6 Å². The Morgan fingerprint density at radius 3 is 2.56 bits per heavy atom. The second-order valence-electron chi connectivity index (χ2n) is 11.0. The number of fused-ring (bicyclic) bond motifs is 7. The topological polar surface area (TPSA) is 93.1 Å². The van der Waals surface area contributed by atoms with Gasteiger partial charge in [0.05, 0.1) is 12.2 Å². The second kappa shape index (κ2) is 6.34. The number of carbonyl (C=O) groups is 2. The number of aliphatic hydroxyl groups is 2. The quantitative estimate of drug-likeness (QED) is 0.668. The van der Waals surface area contributed by atoms with Gasteiger partial charge in [-0.2, -0.15) is 0 Å². The fraction of sp³-hybridized carbons (Fsp3) is 0.750. The van der Waals surface area contributed by atoms with Crippen LogP contribution in [0.2, 0.25) is 0 Å².